The lowest BCUT2D eigenvalue weighted by molar-refractivity contribution is 0.733. The Balaban J connectivity index is 1.76. The van der Waals surface area contributed by atoms with Crippen molar-refractivity contribution in [3.8, 4) is 0 Å². The Bertz CT molecular complexity index is 591. The van der Waals surface area contributed by atoms with Crippen molar-refractivity contribution in [2.75, 3.05) is 11.1 Å². The van der Waals surface area contributed by atoms with Crippen LogP contribution in [0.25, 0.3) is 0 Å². The summed E-state index contributed by atoms with van der Waals surface area (Å²) >= 11 is 2.01. The van der Waals surface area contributed by atoms with Crippen LogP contribution in [0.15, 0.2) is 48.5 Å². The average Bonchev–Trinajstić information content (AvgIpc) is 2.55. The minimum Gasteiger partial charge on any atom is -0.377 e. The maximum Gasteiger partial charge on any atom is 0.0607 e. The fraction of sp³-hybridized carbons (Fsp3) is 0.368. The van der Waals surface area contributed by atoms with Crippen LogP contribution in [-0.2, 0) is 5.75 Å². The van der Waals surface area contributed by atoms with Crippen LogP contribution < -0.4 is 5.32 Å². The number of thioether (sulfide) groups is 1. The van der Waals surface area contributed by atoms with Crippen molar-refractivity contribution in [3.63, 3.8) is 0 Å². The molecule has 2 aromatic carbocycles. The van der Waals surface area contributed by atoms with E-state index < -0.39 is 0 Å². The maximum atomic E-state index is 3.70. The van der Waals surface area contributed by atoms with E-state index in [1.807, 2.05) is 11.8 Å². The molecule has 2 aromatic rings. The second-order valence-corrected chi connectivity index (χ2v) is 6.87. The van der Waals surface area contributed by atoms with Crippen LogP contribution in [0.3, 0.4) is 0 Å². The van der Waals surface area contributed by atoms with Crippen molar-refractivity contribution in [1.82, 2.24) is 0 Å². The van der Waals surface area contributed by atoms with Crippen LogP contribution in [0.4, 0.5) is 5.69 Å². The Labute approximate surface area is 132 Å². The highest BCUT2D eigenvalue weighted by Gasteiger charge is 2.19. The molecule has 1 aliphatic rings. The molecule has 0 saturated heterocycles. The van der Waals surface area contributed by atoms with Gasteiger partial charge in [0.25, 0.3) is 0 Å². The number of fused-ring (bicyclic) bond motifs is 1. The third kappa shape index (κ3) is 3.26. The Kier molecular flexibility index (Phi) is 4.54. The van der Waals surface area contributed by atoms with E-state index in [1.54, 1.807) is 0 Å². The number of anilines is 1. The van der Waals surface area contributed by atoms with Crippen LogP contribution in [0.5, 0.6) is 0 Å². The molecule has 2 atom stereocenters. The molecule has 1 heterocycles. The maximum absolute atomic E-state index is 3.70. The molecule has 0 aliphatic carbocycles. The van der Waals surface area contributed by atoms with Gasteiger partial charge in [0.15, 0.2) is 0 Å². The molecule has 1 aliphatic heterocycles. The predicted molar refractivity (Wildman–Crippen MR) is 94.1 cm³/mol. The van der Waals surface area contributed by atoms with E-state index >= 15 is 0 Å². The summed E-state index contributed by atoms with van der Waals surface area (Å²) in [4.78, 5) is 0. The molecule has 0 aromatic heterocycles. The Morgan fingerprint density at radius 1 is 1.14 bits per heavy atom. The smallest absolute Gasteiger partial charge is 0.0607 e. The zero-order valence-corrected chi connectivity index (χ0v) is 13.6. The molecule has 0 amide bonds. The fourth-order valence-electron chi connectivity index (χ4n) is 2.85. The topological polar surface area (TPSA) is 12.0 Å². The first kappa shape index (κ1) is 14.5. The second-order valence-electron chi connectivity index (χ2n) is 5.84. The second kappa shape index (κ2) is 6.57. The van der Waals surface area contributed by atoms with Gasteiger partial charge in [-0.05, 0) is 41.2 Å². The lowest BCUT2D eigenvalue weighted by atomic mass is 9.98. The lowest BCUT2D eigenvalue weighted by Gasteiger charge is -2.27. The summed E-state index contributed by atoms with van der Waals surface area (Å²) in [5.74, 6) is 2.93. The zero-order chi connectivity index (χ0) is 14.7. The predicted octanol–water partition coefficient (Wildman–Crippen LogP) is 5.60. The summed E-state index contributed by atoms with van der Waals surface area (Å²) in [6.45, 7) is 4.53. The van der Waals surface area contributed by atoms with Gasteiger partial charge in [0.1, 0.15) is 0 Å². The molecule has 2 heteroatoms. The van der Waals surface area contributed by atoms with Crippen molar-refractivity contribution in [2.45, 2.75) is 38.0 Å². The van der Waals surface area contributed by atoms with Gasteiger partial charge in [-0.3, -0.25) is 0 Å². The van der Waals surface area contributed by atoms with Gasteiger partial charge in [-0.2, -0.15) is 11.8 Å². The molecule has 1 N–H and O–H groups in total. The van der Waals surface area contributed by atoms with Gasteiger partial charge in [-0.25, -0.2) is 0 Å². The molecule has 0 saturated carbocycles. The number of benzene rings is 2. The SMILES string of the molecule is CCC(C)c1ccc(NC2CSCc3ccccc32)cc1. The highest BCUT2D eigenvalue weighted by molar-refractivity contribution is 7.98. The number of hydrogen-bond donors (Lipinski definition) is 1. The van der Waals surface area contributed by atoms with Crippen LogP contribution in [0, 0.1) is 0 Å². The van der Waals surface area contributed by atoms with Gasteiger partial charge >= 0.3 is 0 Å². The fourth-order valence-corrected chi connectivity index (χ4v) is 3.95. The summed E-state index contributed by atoms with van der Waals surface area (Å²) in [5, 5.41) is 3.70. The van der Waals surface area contributed by atoms with E-state index in [2.05, 4.69) is 67.7 Å². The van der Waals surface area contributed by atoms with E-state index in [9.17, 15) is 0 Å². The summed E-state index contributed by atoms with van der Waals surface area (Å²) in [5.41, 5.74) is 5.59. The first-order valence-corrected chi connectivity index (χ1v) is 8.95. The van der Waals surface area contributed by atoms with Crippen molar-refractivity contribution in [2.24, 2.45) is 0 Å². The Hall–Kier alpha value is -1.41. The molecule has 0 bridgehead atoms. The molecule has 110 valence electrons. The van der Waals surface area contributed by atoms with Crippen molar-refractivity contribution in [3.05, 3.63) is 65.2 Å². The Morgan fingerprint density at radius 2 is 1.90 bits per heavy atom. The largest absolute Gasteiger partial charge is 0.377 e. The number of rotatable bonds is 4. The summed E-state index contributed by atoms with van der Waals surface area (Å²) in [6.07, 6.45) is 1.19. The van der Waals surface area contributed by atoms with Crippen LogP contribution in [0.1, 0.15) is 48.9 Å². The summed E-state index contributed by atoms with van der Waals surface area (Å²) in [6, 6.07) is 18.2. The molecular formula is C19H23NS. The molecule has 0 radical (unpaired) electrons. The minimum absolute atomic E-state index is 0.425. The lowest BCUT2D eigenvalue weighted by Crippen LogP contribution is -2.18. The van der Waals surface area contributed by atoms with Crippen molar-refractivity contribution in [1.29, 1.82) is 0 Å². The molecular weight excluding hydrogens is 274 g/mol. The third-order valence-corrected chi connectivity index (χ3v) is 5.49. The molecule has 0 spiro atoms. The van der Waals surface area contributed by atoms with Gasteiger partial charge in [0, 0.05) is 17.2 Å². The zero-order valence-electron chi connectivity index (χ0n) is 12.8. The van der Waals surface area contributed by atoms with Gasteiger partial charge in [0.2, 0.25) is 0 Å². The Morgan fingerprint density at radius 3 is 2.67 bits per heavy atom. The van der Waals surface area contributed by atoms with E-state index in [4.69, 9.17) is 0 Å². The van der Waals surface area contributed by atoms with Crippen LogP contribution >= 0.6 is 11.8 Å². The van der Waals surface area contributed by atoms with Gasteiger partial charge in [0.05, 0.1) is 6.04 Å². The van der Waals surface area contributed by atoms with Crippen LogP contribution in [0.2, 0.25) is 0 Å². The average molecular weight is 297 g/mol. The monoisotopic (exact) mass is 297 g/mol. The highest BCUT2D eigenvalue weighted by atomic mass is 32.2. The van der Waals surface area contributed by atoms with Crippen molar-refractivity contribution < 1.29 is 0 Å². The van der Waals surface area contributed by atoms with E-state index in [0.717, 1.165) is 11.5 Å². The van der Waals surface area contributed by atoms with E-state index in [-0.39, 0.29) is 0 Å². The number of hydrogen-bond acceptors (Lipinski definition) is 2. The third-order valence-electron chi connectivity index (χ3n) is 4.41. The van der Waals surface area contributed by atoms with Crippen LogP contribution in [-0.4, -0.2) is 5.75 Å². The normalized spacial score (nSPS) is 18.9. The van der Waals surface area contributed by atoms with Crippen molar-refractivity contribution >= 4 is 17.4 Å². The standard InChI is InChI=1S/C19H23NS/c1-3-14(2)15-8-10-17(11-9-15)20-19-13-21-12-16-6-4-5-7-18(16)19/h4-11,14,19-20H,3,12-13H2,1-2H3. The highest BCUT2D eigenvalue weighted by Crippen LogP contribution is 2.34. The minimum atomic E-state index is 0.425. The summed E-state index contributed by atoms with van der Waals surface area (Å²) in [7, 11) is 0. The summed E-state index contributed by atoms with van der Waals surface area (Å²) < 4.78 is 0. The first-order valence-electron chi connectivity index (χ1n) is 7.80. The quantitative estimate of drug-likeness (QED) is 0.788. The van der Waals surface area contributed by atoms with E-state index in [1.165, 1.54) is 28.8 Å². The number of nitrogens with one attached hydrogen (secondary N) is 1. The van der Waals surface area contributed by atoms with Gasteiger partial charge in [-0.15, -0.1) is 0 Å². The molecule has 0 fully saturated rings. The first-order chi connectivity index (χ1) is 10.3. The van der Waals surface area contributed by atoms with Gasteiger partial charge < -0.3 is 5.32 Å². The molecule has 1 nitrogen and oxygen atoms in total. The van der Waals surface area contributed by atoms with E-state index in [0.29, 0.717) is 12.0 Å². The molecule has 21 heavy (non-hydrogen) atoms. The van der Waals surface area contributed by atoms with Gasteiger partial charge in [-0.1, -0.05) is 50.2 Å². The molecule has 3 rings (SSSR count). The molecule has 2 unspecified atom stereocenters.